The van der Waals surface area contributed by atoms with Gasteiger partial charge in [-0.05, 0) is 42.0 Å². The molecule has 0 aliphatic heterocycles. The van der Waals surface area contributed by atoms with Crippen LogP contribution in [0.25, 0.3) is 11.1 Å². The van der Waals surface area contributed by atoms with Gasteiger partial charge in [0.2, 0.25) is 11.8 Å². The summed E-state index contributed by atoms with van der Waals surface area (Å²) in [5.41, 5.74) is 5.95. The van der Waals surface area contributed by atoms with E-state index in [4.69, 9.17) is 14.9 Å². The number of carbonyl (C=O) groups excluding carboxylic acids is 1. The van der Waals surface area contributed by atoms with E-state index in [1.807, 2.05) is 48.5 Å². The zero-order valence-corrected chi connectivity index (χ0v) is 24.6. The van der Waals surface area contributed by atoms with E-state index in [0.717, 1.165) is 55.0 Å². The predicted molar refractivity (Wildman–Crippen MR) is 165 cm³/mol. The van der Waals surface area contributed by atoms with E-state index < -0.39 is 0 Å². The van der Waals surface area contributed by atoms with Gasteiger partial charge in [0.05, 0.1) is 18.9 Å². The van der Waals surface area contributed by atoms with Gasteiger partial charge in [0.25, 0.3) is 0 Å². The molecule has 8 nitrogen and oxygen atoms in total. The molecule has 4 N–H and O–H groups in total. The normalized spacial score (nSPS) is 12.8. The lowest BCUT2D eigenvalue weighted by atomic mass is 9.95. The second-order valence-electron chi connectivity index (χ2n) is 10.1. The third-order valence-electron chi connectivity index (χ3n) is 7.00. The summed E-state index contributed by atoms with van der Waals surface area (Å²) in [7, 11) is 1.00. The van der Waals surface area contributed by atoms with Crippen molar-refractivity contribution in [3.63, 3.8) is 0 Å². The van der Waals surface area contributed by atoms with Crippen molar-refractivity contribution in [3.8, 4) is 17.0 Å². The summed E-state index contributed by atoms with van der Waals surface area (Å²) in [5, 5.41) is 32.5. The van der Waals surface area contributed by atoms with Gasteiger partial charge in [-0.15, -0.1) is 0 Å². The molecule has 5 rings (SSSR count). The quantitative estimate of drug-likeness (QED) is 0.220. The summed E-state index contributed by atoms with van der Waals surface area (Å²) in [5.74, 6) is 0.404. The summed E-state index contributed by atoms with van der Waals surface area (Å²) in [6.45, 7) is 2.42. The zero-order chi connectivity index (χ0) is 30.2. The van der Waals surface area contributed by atoms with Gasteiger partial charge >= 0.3 is 0 Å². The van der Waals surface area contributed by atoms with Gasteiger partial charge in [0.15, 0.2) is 0 Å². The highest BCUT2D eigenvalue weighted by atomic mass is 16.5. The average molecular weight is 574 g/mol. The molecule has 8 heteroatoms. The van der Waals surface area contributed by atoms with E-state index in [1.54, 1.807) is 6.07 Å². The van der Waals surface area contributed by atoms with Crippen LogP contribution >= 0.6 is 0 Å². The van der Waals surface area contributed by atoms with Crippen LogP contribution in [0, 0.1) is 6.92 Å². The molecule has 3 aromatic carbocycles. The molecule has 4 aromatic rings. The van der Waals surface area contributed by atoms with Gasteiger partial charge in [0.1, 0.15) is 13.2 Å². The number of carbonyl (C=O) groups is 1. The summed E-state index contributed by atoms with van der Waals surface area (Å²) in [6.07, 6.45) is 5.64. The molecule has 1 fully saturated rings. The molecule has 42 heavy (non-hydrogen) atoms. The maximum atomic E-state index is 12.6. The van der Waals surface area contributed by atoms with Crippen molar-refractivity contribution < 1.29 is 24.9 Å². The van der Waals surface area contributed by atoms with Crippen molar-refractivity contribution in [3.05, 3.63) is 107 Å². The highest BCUT2D eigenvalue weighted by Gasteiger charge is 2.18. The number of hydrogen-bond acceptors (Lipinski definition) is 6. The number of benzene rings is 3. The molecular weight excluding hydrogens is 530 g/mol. The number of hydrogen-bond donors (Lipinski definition) is 4. The SMILES string of the molecule is CO.Cc1ccc(-c2ccccc2COc2cc(CO)nn2CC(=O)NC2CCCCC2)cc1.OCc1ccccc1. The van der Waals surface area contributed by atoms with Gasteiger partial charge in [-0.3, -0.25) is 4.79 Å². The Balaban J connectivity index is 0.000000414. The van der Waals surface area contributed by atoms with E-state index in [0.29, 0.717) is 18.2 Å². The Morgan fingerprint density at radius 2 is 1.57 bits per heavy atom. The number of ether oxygens (including phenoxy) is 1. The standard InChI is InChI=1S/C26H31N3O3.C7H8O.CH4O/c1-19-11-13-20(14-12-19)24-10-6-5-7-21(24)18-32-26-15-23(17-30)28-29(26)16-25(31)27-22-8-3-2-4-9-22;8-6-7-4-2-1-3-5-7;1-2/h5-7,10-15,22,30H,2-4,8-9,16-18H2,1H3,(H,27,31);1-5,8H,6H2;2H,1H3. The van der Waals surface area contributed by atoms with Crippen LogP contribution in [-0.2, 0) is 31.2 Å². The Labute approximate surface area is 248 Å². The predicted octanol–water partition coefficient (Wildman–Crippen LogP) is 5.17. The Morgan fingerprint density at radius 3 is 2.21 bits per heavy atom. The Morgan fingerprint density at radius 1 is 0.905 bits per heavy atom. The van der Waals surface area contributed by atoms with Crippen molar-refractivity contribution in [2.24, 2.45) is 0 Å². The maximum absolute atomic E-state index is 12.6. The van der Waals surface area contributed by atoms with Crippen molar-refractivity contribution in [1.82, 2.24) is 15.1 Å². The molecule has 0 spiro atoms. The first-order valence-electron chi connectivity index (χ1n) is 14.4. The van der Waals surface area contributed by atoms with Crippen LogP contribution in [0.5, 0.6) is 5.88 Å². The lowest BCUT2D eigenvalue weighted by Crippen LogP contribution is -2.38. The minimum absolute atomic E-state index is 0.0746. The van der Waals surface area contributed by atoms with E-state index in [-0.39, 0.29) is 31.7 Å². The molecule has 1 aliphatic rings. The van der Waals surface area contributed by atoms with Crippen LogP contribution in [0.1, 0.15) is 54.5 Å². The largest absolute Gasteiger partial charge is 0.473 e. The number of amides is 1. The average Bonchev–Trinajstić information content (AvgIpc) is 3.44. The zero-order valence-electron chi connectivity index (χ0n) is 24.6. The second-order valence-corrected chi connectivity index (χ2v) is 10.1. The number of aliphatic hydroxyl groups excluding tert-OH is 3. The maximum Gasteiger partial charge on any atom is 0.242 e. The molecule has 0 unspecified atom stereocenters. The van der Waals surface area contributed by atoms with E-state index >= 15 is 0 Å². The molecule has 1 heterocycles. The van der Waals surface area contributed by atoms with Gasteiger partial charge in [0, 0.05) is 19.2 Å². The van der Waals surface area contributed by atoms with Gasteiger partial charge in [-0.1, -0.05) is 104 Å². The molecule has 1 amide bonds. The van der Waals surface area contributed by atoms with Crippen LogP contribution in [-0.4, -0.2) is 44.2 Å². The summed E-state index contributed by atoms with van der Waals surface area (Å²) in [6, 6.07) is 28.0. The summed E-state index contributed by atoms with van der Waals surface area (Å²) >= 11 is 0. The lowest BCUT2D eigenvalue weighted by Gasteiger charge is -2.22. The molecule has 1 saturated carbocycles. The molecular formula is C34H43N3O5. The first-order chi connectivity index (χ1) is 20.6. The topological polar surface area (TPSA) is 117 Å². The van der Waals surface area contributed by atoms with Crippen molar-refractivity contribution in [1.29, 1.82) is 0 Å². The first kappa shape index (κ1) is 32.5. The minimum Gasteiger partial charge on any atom is -0.473 e. The first-order valence-corrected chi connectivity index (χ1v) is 14.4. The fourth-order valence-electron chi connectivity index (χ4n) is 4.81. The molecule has 1 aromatic heterocycles. The molecule has 0 atom stereocenters. The van der Waals surface area contributed by atoms with Gasteiger partial charge in [-0.25, -0.2) is 4.68 Å². The number of rotatable bonds is 9. The lowest BCUT2D eigenvalue weighted by molar-refractivity contribution is -0.122. The van der Waals surface area contributed by atoms with Crippen molar-refractivity contribution in [2.45, 2.75) is 71.4 Å². The number of aryl methyl sites for hydroxylation is 1. The monoisotopic (exact) mass is 573 g/mol. The summed E-state index contributed by atoms with van der Waals surface area (Å²) in [4.78, 5) is 12.6. The van der Waals surface area contributed by atoms with Crippen LogP contribution in [0.4, 0.5) is 0 Å². The third kappa shape index (κ3) is 10.1. The van der Waals surface area contributed by atoms with Crippen molar-refractivity contribution in [2.75, 3.05) is 7.11 Å². The molecule has 224 valence electrons. The fourth-order valence-corrected chi connectivity index (χ4v) is 4.81. The van der Waals surface area contributed by atoms with E-state index in [1.165, 1.54) is 16.7 Å². The van der Waals surface area contributed by atoms with Crippen LogP contribution in [0.2, 0.25) is 0 Å². The third-order valence-corrected chi connectivity index (χ3v) is 7.00. The van der Waals surface area contributed by atoms with Gasteiger partial charge in [-0.2, -0.15) is 5.10 Å². The molecule has 0 saturated heterocycles. The minimum atomic E-state index is -0.201. The van der Waals surface area contributed by atoms with Crippen LogP contribution < -0.4 is 10.1 Å². The van der Waals surface area contributed by atoms with Crippen LogP contribution in [0.15, 0.2) is 84.9 Å². The molecule has 0 bridgehead atoms. The number of nitrogens with one attached hydrogen (secondary N) is 1. The van der Waals surface area contributed by atoms with Gasteiger partial charge < -0.3 is 25.4 Å². The van der Waals surface area contributed by atoms with Crippen LogP contribution in [0.3, 0.4) is 0 Å². The second kappa shape index (κ2) is 17.7. The van der Waals surface area contributed by atoms with E-state index in [9.17, 15) is 9.90 Å². The molecule has 0 radical (unpaired) electrons. The fraction of sp³-hybridized carbons (Fsp3) is 0.353. The highest BCUT2D eigenvalue weighted by molar-refractivity contribution is 5.76. The van der Waals surface area contributed by atoms with E-state index in [2.05, 4.69) is 47.7 Å². The Kier molecular flexibility index (Phi) is 13.7. The van der Waals surface area contributed by atoms with Crippen molar-refractivity contribution >= 4 is 5.91 Å². The number of nitrogens with zero attached hydrogens (tertiary/aromatic N) is 2. The summed E-state index contributed by atoms with van der Waals surface area (Å²) < 4.78 is 7.63. The smallest absolute Gasteiger partial charge is 0.242 e. The number of aliphatic hydroxyl groups is 3. The Hall–Kier alpha value is -3.98. The highest BCUT2D eigenvalue weighted by Crippen LogP contribution is 2.26. The number of aromatic nitrogens is 2. The molecule has 1 aliphatic carbocycles. The Bertz CT molecular complexity index is 1330.